The van der Waals surface area contributed by atoms with E-state index in [1.54, 1.807) is 12.1 Å². The van der Waals surface area contributed by atoms with Gasteiger partial charge in [-0.3, -0.25) is 0 Å². The second-order valence-corrected chi connectivity index (χ2v) is 4.72. The fraction of sp³-hybridized carbons (Fsp3) is 0.571. The Hall–Kier alpha value is -1.10. The van der Waals surface area contributed by atoms with E-state index in [1.165, 1.54) is 12.1 Å². The van der Waals surface area contributed by atoms with Crippen molar-refractivity contribution in [3.8, 4) is 5.75 Å². The maximum atomic E-state index is 10.7. The molecule has 0 amide bonds. The van der Waals surface area contributed by atoms with E-state index in [0.717, 1.165) is 12.8 Å². The molecular weight excluding hydrogens is 232 g/mol. The molecule has 0 fully saturated rings. The summed E-state index contributed by atoms with van der Waals surface area (Å²) in [4.78, 5) is 0. The fourth-order valence-electron chi connectivity index (χ4n) is 2.06. The zero-order valence-electron chi connectivity index (χ0n) is 10.7. The van der Waals surface area contributed by atoms with Gasteiger partial charge in [-0.2, -0.15) is 0 Å². The van der Waals surface area contributed by atoms with Crippen molar-refractivity contribution in [3.05, 3.63) is 29.8 Å². The SMILES string of the molecule is CCCCC(O)(CC(O)CO)c1ccc(O)cc1. The molecule has 1 rings (SSSR count). The lowest BCUT2D eigenvalue weighted by molar-refractivity contribution is -0.0374. The average Bonchev–Trinajstić information content (AvgIpc) is 2.37. The highest BCUT2D eigenvalue weighted by atomic mass is 16.3. The number of rotatable bonds is 7. The van der Waals surface area contributed by atoms with Crippen LogP contribution in [-0.2, 0) is 5.60 Å². The van der Waals surface area contributed by atoms with Gasteiger partial charge in [0.1, 0.15) is 5.75 Å². The lowest BCUT2D eigenvalue weighted by Crippen LogP contribution is -2.32. The topological polar surface area (TPSA) is 80.9 Å². The van der Waals surface area contributed by atoms with Crippen LogP contribution >= 0.6 is 0 Å². The summed E-state index contributed by atoms with van der Waals surface area (Å²) < 4.78 is 0. The minimum atomic E-state index is -1.16. The number of hydrogen-bond acceptors (Lipinski definition) is 4. The molecule has 2 unspecified atom stereocenters. The average molecular weight is 254 g/mol. The van der Waals surface area contributed by atoms with E-state index in [2.05, 4.69) is 0 Å². The van der Waals surface area contributed by atoms with Crippen molar-refractivity contribution in [2.75, 3.05) is 6.61 Å². The minimum Gasteiger partial charge on any atom is -0.508 e. The first kappa shape index (κ1) is 15.0. The Kier molecular flexibility index (Phi) is 5.59. The minimum absolute atomic E-state index is 0.0915. The van der Waals surface area contributed by atoms with Crippen LogP contribution in [0, 0.1) is 0 Å². The summed E-state index contributed by atoms with van der Waals surface area (Å²) in [6.07, 6.45) is 1.44. The number of aliphatic hydroxyl groups is 3. The van der Waals surface area contributed by atoms with Gasteiger partial charge in [0.15, 0.2) is 0 Å². The van der Waals surface area contributed by atoms with Gasteiger partial charge in [0.05, 0.1) is 18.3 Å². The quantitative estimate of drug-likeness (QED) is 0.594. The summed E-state index contributed by atoms with van der Waals surface area (Å²) in [6.45, 7) is 1.66. The Morgan fingerprint density at radius 2 is 1.83 bits per heavy atom. The third-order valence-corrected chi connectivity index (χ3v) is 3.13. The van der Waals surface area contributed by atoms with Crippen molar-refractivity contribution in [3.63, 3.8) is 0 Å². The van der Waals surface area contributed by atoms with Crippen molar-refractivity contribution >= 4 is 0 Å². The van der Waals surface area contributed by atoms with Gasteiger partial charge in [-0.25, -0.2) is 0 Å². The monoisotopic (exact) mass is 254 g/mol. The van der Waals surface area contributed by atoms with Gasteiger partial charge in [0.25, 0.3) is 0 Å². The smallest absolute Gasteiger partial charge is 0.115 e. The number of phenols is 1. The number of aromatic hydroxyl groups is 1. The first-order chi connectivity index (χ1) is 8.51. The molecule has 0 bridgehead atoms. The number of hydrogen-bond donors (Lipinski definition) is 4. The van der Waals surface area contributed by atoms with E-state index in [4.69, 9.17) is 5.11 Å². The standard InChI is InChI=1S/C14H22O4/c1-2-3-8-14(18,9-13(17)10-15)11-4-6-12(16)7-5-11/h4-7,13,15-18H,2-3,8-10H2,1H3. The summed E-state index contributed by atoms with van der Waals surface area (Å²) in [5.41, 5.74) is -0.507. The Balaban J connectivity index is 2.91. The highest BCUT2D eigenvalue weighted by Gasteiger charge is 2.31. The Morgan fingerprint density at radius 1 is 1.22 bits per heavy atom. The molecule has 0 heterocycles. The third kappa shape index (κ3) is 3.98. The van der Waals surface area contributed by atoms with Gasteiger partial charge in [-0.1, -0.05) is 31.9 Å². The zero-order chi connectivity index (χ0) is 13.6. The predicted molar refractivity (Wildman–Crippen MR) is 69.2 cm³/mol. The first-order valence-corrected chi connectivity index (χ1v) is 6.32. The molecule has 0 saturated heterocycles. The molecule has 0 spiro atoms. The first-order valence-electron chi connectivity index (χ1n) is 6.32. The molecule has 18 heavy (non-hydrogen) atoms. The fourth-order valence-corrected chi connectivity index (χ4v) is 2.06. The summed E-state index contributed by atoms with van der Waals surface area (Å²) in [5.74, 6) is 0.138. The zero-order valence-corrected chi connectivity index (χ0v) is 10.7. The second-order valence-electron chi connectivity index (χ2n) is 4.72. The number of aliphatic hydroxyl groups excluding tert-OH is 2. The van der Waals surface area contributed by atoms with E-state index < -0.39 is 11.7 Å². The maximum Gasteiger partial charge on any atom is 0.115 e. The van der Waals surface area contributed by atoms with Crippen LogP contribution in [-0.4, -0.2) is 33.1 Å². The maximum absolute atomic E-state index is 10.7. The number of benzene rings is 1. The van der Waals surface area contributed by atoms with Gasteiger partial charge in [0.2, 0.25) is 0 Å². The lowest BCUT2D eigenvalue weighted by Gasteiger charge is -2.30. The van der Waals surface area contributed by atoms with Gasteiger partial charge in [-0.15, -0.1) is 0 Å². The molecule has 102 valence electrons. The van der Waals surface area contributed by atoms with E-state index >= 15 is 0 Å². The van der Waals surface area contributed by atoms with E-state index in [9.17, 15) is 15.3 Å². The molecule has 4 N–H and O–H groups in total. The summed E-state index contributed by atoms with van der Waals surface area (Å²) in [5, 5.41) is 38.4. The Bertz CT molecular complexity index is 349. The molecule has 0 aliphatic rings. The van der Waals surface area contributed by atoms with Crippen LogP contribution in [0.1, 0.15) is 38.2 Å². The van der Waals surface area contributed by atoms with Crippen LogP contribution in [0.3, 0.4) is 0 Å². The molecule has 2 atom stereocenters. The van der Waals surface area contributed by atoms with Gasteiger partial charge < -0.3 is 20.4 Å². The Morgan fingerprint density at radius 3 is 2.33 bits per heavy atom. The molecule has 4 nitrogen and oxygen atoms in total. The van der Waals surface area contributed by atoms with E-state index in [-0.39, 0.29) is 18.8 Å². The normalized spacial score (nSPS) is 16.2. The highest BCUT2D eigenvalue weighted by Crippen LogP contribution is 2.32. The Labute approximate surface area is 108 Å². The van der Waals surface area contributed by atoms with Crippen LogP contribution in [0.4, 0.5) is 0 Å². The molecule has 0 radical (unpaired) electrons. The molecule has 1 aromatic carbocycles. The van der Waals surface area contributed by atoms with Gasteiger partial charge >= 0.3 is 0 Å². The molecule has 0 aliphatic carbocycles. The van der Waals surface area contributed by atoms with E-state index in [1.807, 2.05) is 6.92 Å². The van der Waals surface area contributed by atoms with Crippen LogP contribution in [0.15, 0.2) is 24.3 Å². The third-order valence-electron chi connectivity index (χ3n) is 3.13. The van der Waals surface area contributed by atoms with Crippen molar-refractivity contribution in [1.29, 1.82) is 0 Å². The molecule has 0 aliphatic heterocycles. The molecular formula is C14H22O4. The van der Waals surface area contributed by atoms with Crippen LogP contribution in [0.25, 0.3) is 0 Å². The molecule has 0 aromatic heterocycles. The predicted octanol–water partition coefficient (Wildman–Crippen LogP) is 1.51. The summed E-state index contributed by atoms with van der Waals surface area (Å²) >= 11 is 0. The molecule has 4 heteroatoms. The van der Waals surface area contributed by atoms with Crippen molar-refractivity contribution < 1.29 is 20.4 Å². The lowest BCUT2D eigenvalue weighted by atomic mass is 9.84. The van der Waals surface area contributed by atoms with Gasteiger partial charge in [0, 0.05) is 6.42 Å². The van der Waals surface area contributed by atoms with Crippen LogP contribution < -0.4 is 0 Å². The van der Waals surface area contributed by atoms with Crippen LogP contribution in [0.5, 0.6) is 5.75 Å². The summed E-state index contributed by atoms with van der Waals surface area (Å²) in [7, 11) is 0. The molecule has 0 saturated carbocycles. The van der Waals surface area contributed by atoms with Crippen molar-refractivity contribution in [2.24, 2.45) is 0 Å². The largest absolute Gasteiger partial charge is 0.508 e. The number of phenolic OH excluding ortho intramolecular Hbond substituents is 1. The number of unbranched alkanes of at least 4 members (excludes halogenated alkanes) is 1. The summed E-state index contributed by atoms with van der Waals surface area (Å²) in [6, 6.07) is 6.32. The van der Waals surface area contributed by atoms with E-state index in [0.29, 0.717) is 12.0 Å². The van der Waals surface area contributed by atoms with Crippen molar-refractivity contribution in [1.82, 2.24) is 0 Å². The highest BCUT2D eigenvalue weighted by molar-refractivity contribution is 5.30. The molecule has 1 aromatic rings. The van der Waals surface area contributed by atoms with Crippen LogP contribution in [0.2, 0.25) is 0 Å². The van der Waals surface area contributed by atoms with Gasteiger partial charge in [-0.05, 0) is 24.1 Å². The van der Waals surface area contributed by atoms with Crippen molar-refractivity contribution in [2.45, 2.75) is 44.3 Å². The second kappa shape index (κ2) is 6.73.